The Bertz CT molecular complexity index is 414. The van der Waals surface area contributed by atoms with Gasteiger partial charge in [-0.05, 0) is 22.0 Å². The SMILES string of the molecule is CN(CCOCCO)c1ncc(Br)cc1C(=O)O. The van der Waals surface area contributed by atoms with E-state index in [1.165, 1.54) is 6.07 Å². The molecule has 0 aromatic carbocycles. The molecular weight excluding hydrogens is 304 g/mol. The summed E-state index contributed by atoms with van der Waals surface area (Å²) >= 11 is 3.19. The number of nitrogens with zero attached hydrogens (tertiary/aromatic N) is 2. The zero-order chi connectivity index (χ0) is 13.5. The molecule has 0 aliphatic rings. The Morgan fingerprint density at radius 1 is 1.56 bits per heavy atom. The fourth-order valence-electron chi connectivity index (χ4n) is 1.37. The van der Waals surface area contributed by atoms with Gasteiger partial charge in [0.15, 0.2) is 0 Å². The third kappa shape index (κ3) is 4.25. The van der Waals surface area contributed by atoms with Crippen molar-refractivity contribution < 1.29 is 19.7 Å². The standard InChI is InChI=1S/C11H15BrN2O4/c1-14(2-4-18-5-3-15)10-9(11(16)17)6-8(12)7-13-10/h6-7,15H,2-5H2,1H3,(H,16,17). The van der Waals surface area contributed by atoms with Crippen molar-refractivity contribution in [3.63, 3.8) is 0 Å². The van der Waals surface area contributed by atoms with Crippen molar-refractivity contribution in [1.82, 2.24) is 4.98 Å². The molecule has 0 aliphatic heterocycles. The van der Waals surface area contributed by atoms with E-state index in [1.807, 2.05) is 0 Å². The Balaban J connectivity index is 2.72. The van der Waals surface area contributed by atoms with Crippen LogP contribution in [-0.4, -0.2) is 54.6 Å². The number of carboxylic acids is 1. The van der Waals surface area contributed by atoms with Crippen LogP contribution in [0.5, 0.6) is 0 Å². The molecule has 0 saturated carbocycles. The first kappa shape index (κ1) is 14.9. The van der Waals surface area contributed by atoms with Crippen LogP contribution in [0, 0.1) is 0 Å². The third-order valence-electron chi connectivity index (χ3n) is 2.23. The van der Waals surface area contributed by atoms with Crippen molar-refractivity contribution in [2.24, 2.45) is 0 Å². The highest BCUT2D eigenvalue weighted by atomic mass is 79.9. The molecule has 6 nitrogen and oxygen atoms in total. The number of pyridine rings is 1. The van der Waals surface area contributed by atoms with Gasteiger partial charge in [-0.2, -0.15) is 0 Å². The largest absolute Gasteiger partial charge is 0.478 e. The molecule has 0 spiro atoms. The van der Waals surface area contributed by atoms with Crippen LogP contribution in [0.3, 0.4) is 0 Å². The molecule has 18 heavy (non-hydrogen) atoms. The van der Waals surface area contributed by atoms with E-state index in [0.717, 1.165) is 0 Å². The second-order valence-electron chi connectivity index (χ2n) is 3.59. The molecule has 0 aliphatic carbocycles. The van der Waals surface area contributed by atoms with Gasteiger partial charge in [-0.15, -0.1) is 0 Å². The molecule has 0 saturated heterocycles. The molecule has 7 heteroatoms. The van der Waals surface area contributed by atoms with Gasteiger partial charge in [-0.1, -0.05) is 0 Å². The van der Waals surface area contributed by atoms with Gasteiger partial charge < -0.3 is 19.8 Å². The van der Waals surface area contributed by atoms with Crippen LogP contribution in [0.25, 0.3) is 0 Å². The van der Waals surface area contributed by atoms with Crippen molar-refractivity contribution >= 4 is 27.7 Å². The minimum absolute atomic E-state index is 0.0272. The monoisotopic (exact) mass is 318 g/mol. The van der Waals surface area contributed by atoms with Gasteiger partial charge in [0.25, 0.3) is 0 Å². The Kier molecular flexibility index (Phi) is 6.03. The van der Waals surface area contributed by atoms with Crippen LogP contribution in [0.2, 0.25) is 0 Å². The van der Waals surface area contributed by atoms with Gasteiger partial charge in [0.1, 0.15) is 11.4 Å². The van der Waals surface area contributed by atoms with Gasteiger partial charge in [0, 0.05) is 24.3 Å². The highest BCUT2D eigenvalue weighted by molar-refractivity contribution is 9.10. The van der Waals surface area contributed by atoms with Gasteiger partial charge in [0.2, 0.25) is 0 Å². The topological polar surface area (TPSA) is 82.9 Å². The third-order valence-corrected chi connectivity index (χ3v) is 2.67. The lowest BCUT2D eigenvalue weighted by molar-refractivity contribution is 0.0696. The maximum absolute atomic E-state index is 11.1. The number of anilines is 1. The van der Waals surface area contributed by atoms with E-state index < -0.39 is 5.97 Å². The van der Waals surface area contributed by atoms with Crippen molar-refractivity contribution in [2.75, 3.05) is 38.3 Å². The summed E-state index contributed by atoms with van der Waals surface area (Å²) in [4.78, 5) is 16.9. The second kappa shape index (κ2) is 7.30. The number of halogens is 1. The van der Waals surface area contributed by atoms with E-state index in [1.54, 1.807) is 18.1 Å². The van der Waals surface area contributed by atoms with Crippen molar-refractivity contribution in [1.29, 1.82) is 0 Å². The summed E-state index contributed by atoms with van der Waals surface area (Å²) in [5, 5.41) is 17.7. The van der Waals surface area contributed by atoms with Crippen LogP contribution in [-0.2, 0) is 4.74 Å². The molecular formula is C11H15BrN2O4. The molecule has 0 unspecified atom stereocenters. The lowest BCUT2D eigenvalue weighted by atomic mass is 10.2. The number of carbonyl (C=O) groups is 1. The molecule has 1 rings (SSSR count). The summed E-state index contributed by atoms with van der Waals surface area (Å²) in [6.45, 7) is 1.14. The fraction of sp³-hybridized carbons (Fsp3) is 0.455. The van der Waals surface area contributed by atoms with Gasteiger partial charge in [-0.25, -0.2) is 9.78 Å². The fourth-order valence-corrected chi connectivity index (χ4v) is 1.70. The molecule has 100 valence electrons. The Morgan fingerprint density at radius 3 is 2.89 bits per heavy atom. The number of ether oxygens (including phenoxy) is 1. The predicted octanol–water partition coefficient (Wildman–Crippen LogP) is 0.987. The molecule has 0 fully saturated rings. The quantitative estimate of drug-likeness (QED) is 0.729. The number of aromatic nitrogens is 1. The van der Waals surface area contributed by atoms with Gasteiger partial charge in [0.05, 0.1) is 19.8 Å². The van der Waals surface area contributed by atoms with Crippen molar-refractivity contribution in [3.05, 3.63) is 22.3 Å². The summed E-state index contributed by atoms with van der Waals surface area (Å²) in [5.41, 5.74) is 0.133. The van der Waals surface area contributed by atoms with Crippen LogP contribution < -0.4 is 4.90 Å². The number of likely N-dealkylation sites (N-methyl/N-ethyl adjacent to an activating group) is 1. The molecule has 2 N–H and O–H groups in total. The number of rotatable bonds is 7. The first-order valence-corrected chi connectivity index (χ1v) is 6.14. The van der Waals surface area contributed by atoms with E-state index in [-0.39, 0.29) is 18.8 Å². The van der Waals surface area contributed by atoms with Crippen molar-refractivity contribution in [3.8, 4) is 0 Å². The Morgan fingerprint density at radius 2 is 2.28 bits per heavy atom. The molecule has 1 heterocycles. The highest BCUT2D eigenvalue weighted by Gasteiger charge is 2.15. The minimum atomic E-state index is -1.03. The molecule has 1 aromatic rings. The summed E-state index contributed by atoms with van der Waals surface area (Å²) in [5.74, 6) is -0.639. The Hall–Kier alpha value is -1.18. The number of carboxylic acid groups (broad SMARTS) is 1. The first-order chi connectivity index (χ1) is 8.56. The number of aliphatic hydroxyl groups excluding tert-OH is 1. The van der Waals surface area contributed by atoms with Crippen molar-refractivity contribution in [2.45, 2.75) is 0 Å². The number of aromatic carboxylic acids is 1. The number of hydrogen-bond acceptors (Lipinski definition) is 5. The number of aliphatic hydroxyl groups is 1. The molecule has 1 aromatic heterocycles. The highest BCUT2D eigenvalue weighted by Crippen LogP contribution is 2.20. The second-order valence-corrected chi connectivity index (χ2v) is 4.50. The summed E-state index contributed by atoms with van der Waals surface area (Å²) in [6.07, 6.45) is 1.55. The maximum atomic E-state index is 11.1. The van der Waals surface area contributed by atoms with E-state index in [4.69, 9.17) is 14.9 Å². The normalized spacial score (nSPS) is 10.4. The predicted molar refractivity (Wildman–Crippen MR) is 70.1 cm³/mol. The van der Waals surface area contributed by atoms with E-state index >= 15 is 0 Å². The summed E-state index contributed by atoms with van der Waals surface area (Å²) in [7, 11) is 1.74. The number of hydrogen-bond donors (Lipinski definition) is 2. The molecule has 0 bridgehead atoms. The molecule has 0 amide bonds. The van der Waals surface area contributed by atoms with Gasteiger partial charge in [-0.3, -0.25) is 0 Å². The van der Waals surface area contributed by atoms with Crippen LogP contribution in [0.15, 0.2) is 16.7 Å². The lowest BCUT2D eigenvalue weighted by Crippen LogP contribution is -2.26. The minimum Gasteiger partial charge on any atom is -0.478 e. The van der Waals surface area contributed by atoms with Crippen LogP contribution in [0.4, 0.5) is 5.82 Å². The van der Waals surface area contributed by atoms with Crippen LogP contribution in [0.1, 0.15) is 10.4 Å². The zero-order valence-electron chi connectivity index (χ0n) is 9.97. The maximum Gasteiger partial charge on any atom is 0.339 e. The molecule has 0 atom stereocenters. The lowest BCUT2D eigenvalue weighted by Gasteiger charge is -2.19. The van der Waals surface area contributed by atoms with Crippen LogP contribution >= 0.6 is 15.9 Å². The van der Waals surface area contributed by atoms with E-state index in [9.17, 15) is 4.79 Å². The van der Waals surface area contributed by atoms with Gasteiger partial charge >= 0.3 is 5.97 Å². The van der Waals surface area contributed by atoms with E-state index in [2.05, 4.69) is 20.9 Å². The average molecular weight is 319 g/mol. The zero-order valence-corrected chi connectivity index (χ0v) is 11.6. The summed E-state index contributed by atoms with van der Waals surface area (Å²) < 4.78 is 5.74. The van der Waals surface area contributed by atoms with E-state index in [0.29, 0.717) is 23.4 Å². The smallest absolute Gasteiger partial charge is 0.339 e. The average Bonchev–Trinajstić information content (AvgIpc) is 2.34. The summed E-state index contributed by atoms with van der Waals surface area (Å²) in [6, 6.07) is 1.51. The Labute approximate surface area is 113 Å². The first-order valence-electron chi connectivity index (χ1n) is 5.35. The molecule has 0 radical (unpaired) electrons.